The van der Waals surface area contributed by atoms with Crippen molar-refractivity contribution in [2.45, 2.75) is 13.5 Å². The third-order valence-corrected chi connectivity index (χ3v) is 2.77. The van der Waals surface area contributed by atoms with Gasteiger partial charge in [-0.15, -0.1) is 0 Å². The van der Waals surface area contributed by atoms with Gasteiger partial charge in [0, 0.05) is 18.4 Å². The molecular weight excluding hydrogens is 229 g/mol. The summed E-state index contributed by atoms with van der Waals surface area (Å²) in [6.07, 6.45) is 1.74. The molecule has 2 aromatic rings. The van der Waals surface area contributed by atoms with Crippen molar-refractivity contribution in [3.63, 3.8) is 0 Å². The molecule has 0 bridgehead atoms. The van der Waals surface area contributed by atoms with Gasteiger partial charge in [0.1, 0.15) is 5.82 Å². The summed E-state index contributed by atoms with van der Waals surface area (Å²) in [5.74, 6) is -0.298. The quantitative estimate of drug-likeness (QED) is 0.842. The molecule has 0 aliphatic rings. The first kappa shape index (κ1) is 12.4. The lowest BCUT2D eigenvalue weighted by molar-refractivity contribution is 0.617. The van der Waals surface area contributed by atoms with Crippen LogP contribution >= 0.6 is 0 Å². The molecule has 0 saturated heterocycles. The number of hydrogen-bond donors (Lipinski definition) is 1. The van der Waals surface area contributed by atoms with E-state index in [0.29, 0.717) is 24.5 Å². The largest absolute Gasteiger partial charge is 0.399 e. The normalized spacial score (nSPS) is 10.3. The number of benzene rings is 1. The summed E-state index contributed by atoms with van der Waals surface area (Å²) < 4.78 is 13.8. The number of nitrogens with two attached hydrogens (primary N) is 1. The topological polar surface area (TPSA) is 42.2 Å². The van der Waals surface area contributed by atoms with Crippen molar-refractivity contribution >= 4 is 11.4 Å². The van der Waals surface area contributed by atoms with E-state index in [9.17, 15) is 4.39 Å². The van der Waals surface area contributed by atoms with Crippen LogP contribution in [0.5, 0.6) is 0 Å². The van der Waals surface area contributed by atoms with Crippen LogP contribution in [-0.4, -0.2) is 11.5 Å². The number of halogens is 1. The van der Waals surface area contributed by atoms with Gasteiger partial charge in [-0.3, -0.25) is 4.98 Å². The lowest BCUT2D eigenvalue weighted by Crippen LogP contribution is -2.23. The first-order chi connectivity index (χ1) is 8.70. The molecule has 4 heteroatoms. The highest BCUT2D eigenvalue weighted by molar-refractivity contribution is 5.54. The number of rotatable bonds is 4. The van der Waals surface area contributed by atoms with Gasteiger partial charge >= 0.3 is 0 Å². The fourth-order valence-electron chi connectivity index (χ4n) is 1.83. The standard InChI is InChI=1S/C14H16FN3/c1-2-18(10-12-5-3-4-8-17-12)14-7-6-11(16)9-13(14)15/h3-9H,2,10,16H2,1H3. The Morgan fingerprint density at radius 3 is 2.72 bits per heavy atom. The maximum absolute atomic E-state index is 13.8. The number of aromatic nitrogens is 1. The Hall–Kier alpha value is -2.10. The summed E-state index contributed by atoms with van der Waals surface area (Å²) in [7, 11) is 0. The van der Waals surface area contributed by atoms with Gasteiger partial charge in [0.15, 0.2) is 0 Å². The molecule has 18 heavy (non-hydrogen) atoms. The van der Waals surface area contributed by atoms with Gasteiger partial charge in [-0.25, -0.2) is 4.39 Å². The number of pyridine rings is 1. The number of nitrogen functional groups attached to an aromatic ring is 1. The zero-order chi connectivity index (χ0) is 13.0. The molecule has 1 aromatic heterocycles. The molecule has 0 unspecified atom stereocenters. The van der Waals surface area contributed by atoms with Crippen molar-refractivity contribution in [3.05, 3.63) is 54.1 Å². The Labute approximate surface area is 106 Å². The van der Waals surface area contributed by atoms with Gasteiger partial charge in [-0.1, -0.05) is 6.07 Å². The van der Waals surface area contributed by atoms with Crippen molar-refractivity contribution in [1.29, 1.82) is 0 Å². The van der Waals surface area contributed by atoms with Crippen LogP contribution in [-0.2, 0) is 6.54 Å². The Kier molecular flexibility index (Phi) is 3.77. The van der Waals surface area contributed by atoms with E-state index in [1.807, 2.05) is 30.0 Å². The number of nitrogens with zero attached hydrogens (tertiary/aromatic N) is 2. The predicted octanol–water partition coefficient (Wildman–Crippen LogP) is 2.83. The summed E-state index contributed by atoms with van der Waals surface area (Å²) in [4.78, 5) is 6.18. The monoisotopic (exact) mass is 245 g/mol. The van der Waals surface area contributed by atoms with E-state index in [-0.39, 0.29) is 5.82 Å². The summed E-state index contributed by atoms with van der Waals surface area (Å²) in [6.45, 7) is 3.27. The molecule has 0 aliphatic heterocycles. The van der Waals surface area contributed by atoms with E-state index < -0.39 is 0 Å². The minimum atomic E-state index is -0.298. The number of anilines is 2. The first-order valence-corrected chi connectivity index (χ1v) is 5.90. The van der Waals surface area contributed by atoms with Gasteiger partial charge < -0.3 is 10.6 Å². The van der Waals surface area contributed by atoms with Gasteiger partial charge in [0.05, 0.1) is 17.9 Å². The van der Waals surface area contributed by atoms with Crippen molar-refractivity contribution in [2.75, 3.05) is 17.2 Å². The van der Waals surface area contributed by atoms with E-state index in [4.69, 9.17) is 5.73 Å². The molecule has 1 aromatic carbocycles. The van der Waals surface area contributed by atoms with Crippen LogP contribution in [0.3, 0.4) is 0 Å². The predicted molar refractivity (Wildman–Crippen MR) is 71.8 cm³/mol. The van der Waals surface area contributed by atoms with Crippen LogP contribution in [0.2, 0.25) is 0 Å². The fourth-order valence-corrected chi connectivity index (χ4v) is 1.83. The minimum Gasteiger partial charge on any atom is -0.399 e. The molecular formula is C14H16FN3. The van der Waals surface area contributed by atoms with E-state index >= 15 is 0 Å². The van der Waals surface area contributed by atoms with Crippen LogP contribution < -0.4 is 10.6 Å². The highest BCUT2D eigenvalue weighted by Crippen LogP contribution is 2.22. The molecule has 0 amide bonds. The minimum absolute atomic E-state index is 0.298. The average Bonchev–Trinajstić information content (AvgIpc) is 2.38. The zero-order valence-corrected chi connectivity index (χ0v) is 10.3. The van der Waals surface area contributed by atoms with E-state index in [1.54, 1.807) is 18.3 Å². The van der Waals surface area contributed by atoms with E-state index in [2.05, 4.69) is 4.98 Å². The Balaban J connectivity index is 2.23. The molecule has 2 rings (SSSR count). The van der Waals surface area contributed by atoms with Crippen LogP contribution in [0.15, 0.2) is 42.6 Å². The maximum Gasteiger partial charge on any atom is 0.148 e. The summed E-state index contributed by atoms with van der Waals surface area (Å²) in [5, 5.41) is 0. The van der Waals surface area contributed by atoms with Crippen LogP contribution in [0.1, 0.15) is 12.6 Å². The van der Waals surface area contributed by atoms with Crippen molar-refractivity contribution in [1.82, 2.24) is 4.98 Å². The van der Waals surface area contributed by atoms with E-state index in [1.165, 1.54) is 6.07 Å². The SMILES string of the molecule is CCN(Cc1ccccn1)c1ccc(N)cc1F. The van der Waals surface area contributed by atoms with E-state index in [0.717, 1.165) is 5.69 Å². The Bertz CT molecular complexity index is 514. The molecule has 3 nitrogen and oxygen atoms in total. The molecule has 0 radical (unpaired) electrons. The van der Waals surface area contributed by atoms with Crippen LogP contribution in [0.4, 0.5) is 15.8 Å². The molecule has 94 valence electrons. The smallest absolute Gasteiger partial charge is 0.148 e. The third-order valence-electron chi connectivity index (χ3n) is 2.77. The molecule has 2 N–H and O–H groups in total. The lowest BCUT2D eigenvalue weighted by Gasteiger charge is -2.23. The molecule has 0 spiro atoms. The highest BCUT2D eigenvalue weighted by atomic mass is 19.1. The second kappa shape index (κ2) is 5.49. The van der Waals surface area contributed by atoms with Crippen LogP contribution in [0.25, 0.3) is 0 Å². The average molecular weight is 245 g/mol. The van der Waals surface area contributed by atoms with Crippen molar-refractivity contribution in [3.8, 4) is 0 Å². The molecule has 0 atom stereocenters. The second-order valence-electron chi connectivity index (χ2n) is 4.05. The summed E-state index contributed by atoms with van der Waals surface area (Å²) in [6, 6.07) is 10.5. The molecule has 0 fully saturated rings. The zero-order valence-electron chi connectivity index (χ0n) is 10.3. The molecule has 0 saturated carbocycles. The van der Waals surface area contributed by atoms with Crippen molar-refractivity contribution in [2.24, 2.45) is 0 Å². The molecule has 1 heterocycles. The molecule has 0 aliphatic carbocycles. The van der Waals surface area contributed by atoms with Crippen molar-refractivity contribution < 1.29 is 4.39 Å². The highest BCUT2D eigenvalue weighted by Gasteiger charge is 2.11. The maximum atomic E-state index is 13.8. The summed E-state index contributed by atoms with van der Waals surface area (Å²) in [5.41, 5.74) is 7.45. The van der Waals surface area contributed by atoms with Gasteiger partial charge in [-0.2, -0.15) is 0 Å². The van der Waals surface area contributed by atoms with Gasteiger partial charge in [-0.05, 0) is 37.3 Å². The van der Waals surface area contributed by atoms with Gasteiger partial charge in [0.25, 0.3) is 0 Å². The second-order valence-corrected chi connectivity index (χ2v) is 4.05. The van der Waals surface area contributed by atoms with Gasteiger partial charge in [0.2, 0.25) is 0 Å². The van der Waals surface area contributed by atoms with Crippen LogP contribution in [0, 0.1) is 5.82 Å². The third kappa shape index (κ3) is 2.77. The fraction of sp³-hybridized carbons (Fsp3) is 0.214. The lowest BCUT2D eigenvalue weighted by atomic mass is 10.2. The first-order valence-electron chi connectivity index (χ1n) is 5.90. The number of hydrogen-bond acceptors (Lipinski definition) is 3. The summed E-state index contributed by atoms with van der Waals surface area (Å²) >= 11 is 0. The Morgan fingerprint density at radius 2 is 2.11 bits per heavy atom. The Morgan fingerprint density at radius 1 is 1.28 bits per heavy atom.